The van der Waals surface area contributed by atoms with Crippen molar-refractivity contribution in [3.63, 3.8) is 0 Å². The summed E-state index contributed by atoms with van der Waals surface area (Å²) in [6, 6.07) is 2.20. The van der Waals surface area contributed by atoms with Crippen LogP contribution in [0.1, 0.15) is 112 Å². The maximum Gasteiger partial charge on any atom is 0.172 e. The zero-order chi connectivity index (χ0) is 28.8. The summed E-state index contributed by atoms with van der Waals surface area (Å²) in [6.45, 7) is 21.0. The zero-order valence-corrected chi connectivity index (χ0v) is 28.4. The normalized spacial score (nSPS) is 28.0. The number of nitrogens with one attached hydrogen (secondary N) is 1. The van der Waals surface area contributed by atoms with Crippen LogP contribution in [0.25, 0.3) is 0 Å². The molecule has 0 aromatic rings. The third-order valence-electron chi connectivity index (χ3n) is 9.98. The molecule has 4 aliphatic rings. The predicted octanol–water partition coefficient (Wildman–Crippen LogP) is 6.76. The van der Waals surface area contributed by atoms with Gasteiger partial charge in [-0.25, -0.2) is 0 Å². The summed E-state index contributed by atoms with van der Waals surface area (Å²) in [7, 11) is 0. The van der Waals surface area contributed by atoms with Crippen molar-refractivity contribution in [2.75, 3.05) is 39.3 Å². The fourth-order valence-electron chi connectivity index (χ4n) is 8.08. The second-order valence-corrected chi connectivity index (χ2v) is 15.7. The van der Waals surface area contributed by atoms with E-state index in [0.29, 0.717) is 41.9 Å². The Balaban J connectivity index is 1.46. The van der Waals surface area contributed by atoms with Crippen LogP contribution in [-0.4, -0.2) is 93.3 Å². The molecule has 0 bridgehead atoms. The van der Waals surface area contributed by atoms with E-state index in [4.69, 9.17) is 24.4 Å². The summed E-state index contributed by atoms with van der Waals surface area (Å²) in [5.41, 5.74) is 0. The maximum atomic E-state index is 6.38. The number of hydrogen-bond donors (Lipinski definition) is 1. The highest BCUT2D eigenvalue weighted by Gasteiger charge is 2.41. The van der Waals surface area contributed by atoms with Crippen LogP contribution in [0.2, 0.25) is 0 Å². The molecule has 0 amide bonds. The molecule has 3 heterocycles. The van der Waals surface area contributed by atoms with Gasteiger partial charge in [-0.15, -0.1) is 0 Å². The summed E-state index contributed by atoms with van der Waals surface area (Å²) in [5.74, 6) is 2.88. The number of thiocarbonyl (C=S) groups is 2. The van der Waals surface area contributed by atoms with Crippen LogP contribution in [0.15, 0.2) is 0 Å². The lowest BCUT2D eigenvalue weighted by Crippen LogP contribution is -2.51. The Labute approximate surface area is 258 Å². The molecule has 0 aromatic carbocycles. The molecule has 0 aromatic heterocycles. The van der Waals surface area contributed by atoms with Crippen LogP contribution >= 0.6 is 24.4 Å². The van der Waals surface area contributed by atoms with Crippen molar-refractivity contribution in [1.29, 1.82) is 0 Å². The minimum atomic E-state index is 0.497. The largest absolute Gasteiger partial charge is 0.360 e. The molecule has 7 heteroatoms. The average Bonchev–Trinajstić information content (AvgIpc) is 3.46. The summed E-state index contributed by atoms with van der Waals surface area (Å²) in [4.78, 5) is 10.7. The van der Waals surface area contributed by atoms with E-state index in [-0.39, 0.29) is 0 Å². The maximum absolute atomic E-state index is 6.38. The molecule has 3 aliphatic heterocycles. The second kappa shape index (κ2) is 15.2. The monoisotopic (exact) mass is 591 g/mol. The molecule has 5 nitrogen and oxygen atoms in total. The van der Waals surface area contributed by atoms with Crippen molar-refractivity contribution in [2.45, 2.75) is 136 Å². The molecule has 40 heavy (non-hydrogen) atoms. The van der Waals surface area contributed by atoms with E-state index in [9.17, 15) is 0 Å². The first kappa shape index (κ1) is 32.3. The van der Waals surface area contributed by atoms with Crippen molar-refractivity contribution in [1.82, 2.24) is 24.9 Å². The van der Waals surface area contributed by atoms with Gasteiger partial charge in [-0.3, -0.25) is 4.90 Å². The van der Waals surface area contributed by atoms with Crippen LogP contribution in [0, 0.1) is 23.7 Å². The van der Waals surface area contributed by atoms with Gasteiger partial charge < -0.3 is 20.0 Å². The summed E-state index contributed by atoms with van der Waals surface area (Å²) in [5, 5.41) is 5.64. The SMILES string of the molecule is CC(C)C[C@H]1CNC(=S)N1CC1CCCN1C[C@H](CC(C)C)N1C[C@H](CC(C)C)N(CC2CCCCCC2)C1=S. The van der Waals surface area contributed by atoms with Crippen molar-refractivity contribution in [3.8, 4) is 0 Å². The number of likely N-dealkylation sites (tertiary alicyclic amines) is 1. The topological polar surface area (TPSA) is 25.0 Å². The molecule has 1 N–H and O–H groups in total. The molecular weight excluding hydrogens is 531 g/mol. The van der Waals surface area contributed by atoms with Gasteiger partial charge in [0.05, 0.1) is 0 Å². The van der Waals surface area contributed by atoms with Gasteiger partial charge in [-0.1, -0.05) is 67.2 Å². The molecule has 230 valence electrons. The van der Waals surface area contributed by atoms with Gasteiger partial charge in [0.25, 0.3) is 0 Å². The lowest BCUT2D eigenvalue weighted by atomic mass is 9.97. The molecule has 1 unspecified atom stereocenters. The Kier molecular flexibility index (Phi) is 12.2. The van der Waals surface area contributed by atoms with Crippen molar-refractivity contribution in [2.24, 2.45) is 23.7 Å². The molecule has 4 atom stereocenters. The first-order valence-electron chi connectivity index (χ1n) is 17.0. The molecule has 4 fully saturated rings. The van der Waals surface area contributed by atoms with Crippen molar-refractivity contribution < 1.29 is 0 Å². The smallest absolute Gasteiger partial charge is 0.172 e. The van der Waals surface area contributed by atoms with E-state index in [1.54, 1.807) is 0 Å². The second-order valence-electron chi connectivity index (χ2n) is 14.9. The Morgan fingerprint density at radius 3 is 2.08 bits per heavy atom. The number of nitrogens with zero attached hydrogens (tertiary/aromatic N) is 4. The lowest BCUT2D eigenvalue weighted by Gasteiger charge is -2.38. The van der Waals surface area contributed by atoms with Crippen molar-refractivity contribution in [3.05, 3.63) is 0 Å². The Bertz CT molecular complexity index is 809. The van der Waals surface area contributed by atoms with Crippen molar-refractivity contribution >= 4 is 34.7 Å². The molecule has 0 radical (unpaired) electrons. The molecule has 1 aliphatic carbocycles. The Morgan fingerprint density at radius 1 is 0.750 bits per heavy atom. The fraction of sp³-hybridized carbons (Fsp3) is 0.939. The Hall–Kier alpha value is -0.660. The van der Waals surface area contributed by atoms with Gasteiger partial charge in [-0.05, 0) is 99.6 Å². The third kappa shape index (κ3) is 8.69. The number of hydrogen-bond acceptors (Lipinski definition) is 3. The van der Waals surface area contributed by atoms with Gasteiger partial charge in [0.2, 0.25) is 0 Å². The highest BCUT2D eigenvalue weighted by molar-refractivity contribution is 7.80. The van der Waals surface area contributed by atoms with E-state index in [0.717, 1.165) is 37.2 Å². The lowest BCUT2D eigenvalue weighted by molar-refractivity contribution is 0.146. The van der Waals surface area contributed by atoms with Gasteiger partial charge in [0.1, 0.15) is 0 Å². The molecule has 4 rings (SSSR count). The standard InChI is InChI=1S/C33H61N5S2/c1-24(2)16-29-19-34-32(39)36(29)22-28-14-11-15-35(28)21-30(17-25(3)4)38-23-31(18-26(5)6)37(33(38)40)20-27-12-9-7-8-10-13-27/h24-31H,7-23H2,1-6H3,(H,34,39)/t28?,29-,30-,31-/m0/s1. The first-order chi connectivity index (χ1) is 19.1. The zero-order valence-electron chi connectivity index (χ0n) is 26.7. The van der Waals surface area contributed by atoms with Crippen LogP contribution in [0.3, 0.4) is 0 Å². The van der Waals surface area contributed by atoms with Crippen LogP contribution < -0.4 is 5.32 Å². The average molecular weight is 592 g/mol. The molecule has 0 spiro atoms. The highest BCUT2D eigenvalue weighted by atomic mass is 32.1. The van der Waals surface area contributed by atoms with E-state index < -0.39 is 0 Å². The summed E-state index contributed by atoms with van der Waals surface area (Å²) >= 11 is 12.2. The minimum absolute atomic E-state index is 0.497. The highest BCUT2D eigenvalue weighted by Crippen LogP contribution is 2.32. The van der Waals surface area contributed by atoms with Crippen LogP contribution in [0.4, 0.5) is 0 Å². The van der Waals surface area contributed by atoms with Crippen LogP contribution in [0.5, 0.6) is 0 Å². The van der Waals surface area contributed by atoms with E-state index in [2.05, 4.69) is 66.5 Å². The Morgan fingerprint density at radius 2 is 1.43 bits per heavy atom. The summed E-state index contributed by atoms with van der Waals surface area (Å²) < 4.78 is 0. The molecule has 1 saturated carbocycles. The van der Waals surface area contributed by atoms with Gasteiger partial charge >= 0.3 is 0 Å². The fourth-order valence-corrected chi connectivity index (χ4v) is 8.84. The predicted molar refractivity (Wildman–Crippen MR) is 179 cm³/mol. The molecule has 3 saturated heterocycles. The van der Waals surface area contributed by atoms with Crippen LogP contribution in [-0.2, 0) is 0 Å². The van der Waals surface area contributed by atoms with E-state index in [1.807, 2.05) is 0 Å². The molecular formula is C33H61N5S2. The summed E-state index contributed by atoms with van der Waals surface area (Å²) in [6.07, 6.45) is 14.7. The third-order valence-corrected chi connectivity index (χ3v) is 10.8. The first-order valence-corrected chi connectivity index (χ1v) is 17.8. The van der Waals surface area contributed by atoms with Gasteiger partial charge in [0, 0.05) is 56.9 Å². The van der Waals surface area contributed by atoms with E-state index in [1.165, 1.54) is 88.8 Å². The van der Waals surface area contributed by atoms with E-state index >= 15 is 0 Å². The quantitative estimate of drug-likeness (QED) is 0.187. The van der Waals surface area contributed by atoms with Gasteiger partial charge in [0.15, 0.2) is 10.2 Å². The van der Waals surface area contributed by atoms with Gasteiger partial charge in [-0.2, -0.15) is 0 Å². The minimum Gasteiger partial charge on any atom is -0.360 e. The number of rotatable bonds is 13.